The molecule has 0 radical (unpaired) electrons. The van der Waals surface area contributed by atoms with Crippen LogP contribution in [0.4, 0.5) is 0 Å². The fourth-order valence-electron chi connectivity index (χ4n) is 2.65. The maximum atomic E-state index is 12.2. The molecule has 1 aromatic carbocycles. The minimum atomic E-state index is -0.781. The van der Waals surface area contributed by atoms with Crippen LogP contribution in [0.3, 0.4) is 0 Å². The Labute approximate surface area is 159 Å². The molecule has 0 atom stereocenters. The second kappa shape index (κ2) is 7.21. The zero-order valence-electron chi connectivity index (χ0n) is 14.9. The number of hydroxylamine groups is 2. The summed E-state index contributed by atoms with van der Waals surface area (Å²) in [6.07, 6.45) is 0. The van der Waals surface area contributed by atoms with E-state index >= 15 is 0 Å². The normalized spacial score (nSPS) is 12.7. The highest BCUT2D eigenvalue weighted by Crippen LogP contribution is 2.27. The van der Waals surface area contributed by atoms with Gasteiger partial charge in [-0.1, -0.05) is 29.0 Å². The average molecular weight is 381 g/mol. The molecule has 27 heavy (non-hydrogen) atoms. The van der Waals surface area contributed by atoms with Gasteiger partial charge in [-0.25, -0.2) is 9.78 Å². The van der Waals surface area contributed by atoms with Gasteiger partial charge in [0.2, 0.25) is 0 Å². The third-order valence-corrected chi connectivity index (χ3v) is 5.30. The number of carbonyl (C=O) groups is 3. The first kappa shape index (κ1) is 18.6. The molecule has 0 unspecified atom stereocenters. The largest absolute Gasteiger partial charge is 0.343 e. The number of pyridine rings is 1. The molecule has 8 heteroatoms. The van der Waals surface area contributed by atoms with E-state index in [2.05, 4.69) is 11.1 Å². The van der Waals surface area contributed by atoms with Gasteiger partial charge in [-0.05, 0) is 44.0 Å². The predicted octanol–water partition coefficient (Wildman–Crippen LogP) is 2.73. The van der Waals surface area contributed by atoms with E-state index in [1.165, 1.54) is 12.1 Å². The summed E-state index contributed by atoms with van der Waals surface area (Å²) in [5.41, 5.74) is 3.28. The Balaban J connectivity index is 1.71. The Morgan fingerprint density at radius 3 is 2.30 bits per heavy atom. The summed E-state index contributed by atoms with van der Waals surface area (Å²) in [6.45, 7) is 5.53. The van der Waals surface area contributed by atoms with Crippen LogP contribution in [0.25, 0.3) is 0 Å². The number of fused-ring (bicyclic) bond motifs is 1. The van der Waals surface area contributed by atoms with Crippen molar-refractivity contribution in [1.82, 2.24) is 10.0 Å². The van der Waals surface area contributed by atoms with E-state index in [1.807, 2.05) is 20.8 Å². The average Bonchev–Trinajstić information content (AvgIpc) is 2.90. The van der Waals surface area contributed by atoms with Crippen molar-refractivity contribution in [3.05, 3.63) is 57.8 Å². The number of aryl methyl sites for hydroxylation is 1. The Kier molecular flexibility index (Phi) is 4.97. The van der Waals surface area contributed by atoms with E-state index in [4.69, 9.17) is 4.84 Å². The molecule has 0 saturated heterocycles. The van der Waals surface area contributed by atoms with Crippen molar-refractivity contribution in [3.63, 3.8) is 0 Å². The van der Waals surface area contributed by atoms with Crippen molar-refractivity contribution in [1.29, 1.82) is 5.26 Å². The van der Waals surface area contributed by atoms with Crippen LogP contribution >= 0.6 is 11.8 Å². The zero-order valence-corrected chi connectivity index (χ0v) is 15.7. The molecule has 2 heterocycles. The lowest BCUT2D eigenvalue weighted by molar-refractivity contribution is -0.165. The molecule has 1 aliphatic rings. The van der Waals surface area contributed by atoms with Crippen molar-refractivity contribution in [2.45, 2.75) is 25.8 Å². The predicted molar refractivity (Wildman–Crippen MR) is 96.9 cm³/mol. The van der Waals surface area contributed by atoms with Crippen LogP contribution in [0.5, 0.6) is 0 Å². The van der Waals surface area contributed by atoms with Crippen molar-refractivity contribution >= 4 is 29.5 Å². The molecule has 0 spiro atoms. The van der Waals surface area contributed by atoms with E-state index in [0.29, 0.717) is 15.7 Å². The van der Waals surface area contributed by atoms with Crippen LogP contribution in [0, 0.1) is 32.1 Å². The topological polar surface area (TPSA) is 100 Å². The fourth-order valence-corrected chi connectivity index (χ4v) is 3.50. The maximum Gasteiger partial charge on any atom is 0.343 e. The lowest BCUT2D eigenvalue weighted by Gasteiger charge is -2.13. The first-order chi connectivity index (χ1) is 12.8. The zero-order chi connectivity index (χ0) is 19.7. The van der Waals surface area contributed by atoms with E-state index < -0.39 is 17.8 Å². The fraction of sp³-hybridized carbons (Fsp3) is 0.211. The highest BCUT2D eigenvalue weighted by Gasteiger charge is 2.38. The van der Waals surface area contributed by atoms with Gasteiger partial charge in [0.15, 0.2) is 0 Å². The number of imide groups is 1. The second-order valence-electron chi connectivity index (χ2n) is 5.94. The number of aromatic nitrogens is 1. The maximum absolute atomic E-state index is 12.2. The summed E-state index contributed by atoms with van der Waals surface area (Å²) in [6, 6.07) is 8.35. The van der Waals surface area contributed by atoms with Gasteiger partial charge < -0.3 is 4.84 Å². The highest BCUT2D eigenvalue weighted by molar-refractivity contribution is 7.99. The molecule has 0 aliphatic carbocycles. The van der Waals surface area contributed by atoms with Gasteiger partial charge in [0.1, 0.15) is 16.8 Å². The van der Waals surface area contributed by atoms with Gasteiger partial charge in [-0.3, -0.25) is 9.59 Å². The van der Waals surface area contributed by atoms with Crippen LogP contribution in [-0.2, 0) is 9.63 Å². The molecule has 2 amide bonds. The highest BCUT2D eigenvalue weighted by atomic mass is 32.2. The minimum Gasteiger partial charge on any atom is -0.329 e. The molecular weight excluding hydrogens is 366 g/mol. The SMILES string of the molecule is Cc1nc(SCC(=O)ON2C(=O)c3ccccc3C2=O)c(C#N)c(C)c1C. The molecule has 1 aromatic heterocycles. The van der Waals surface area contributed by atoms with Crippen molar-refractivity contribution in [3.8, 4) is 6.07 Å². The van der Waals surface area contributed by atoms with Gasteiger partial charge >= 0.3 is 5.97 Å². The molecule has 0 N–H and O–H groups in total. The molecule has 136 valence electrons. The first-order valence-corrected chi connectivity index (χ1v) is 9.03. The lowest BCUT2D eigenvalue weighted by Crippen LogP contribution is -2.33. The van der Waals surface area contributed by atoms with Crippen molar-refractivity contribution < 1.29 is 19.2 Å². The third kappa shape index (κ3) is 3.29. The van der Waals surface area contributed by atoms with Crippen LogP contribution in [-0.4, -0.2) is 33.6 Å². The molecule has 7 nitrogen and oxygen atoms in total. The lowest BCUT2D eigenvalue weighted by atomic mass is 10.1. The van der Waals surface area contributed by atoms with Crippen LogP contribution in [0.15, 0.2) is 29.3 Å². The van der Waals surface area contributed by atoms with Gasteiger partial charge in [0.05, 0.1) is 16.7 Å². The van der Waals surface area contributed by atoms with Crippen LogP contribution < -0.4 is 0 Å². The first-order valence-electron chi connectivity index (χ1n) is 8.04. The Hall–Kier alpha value is -3.18. The summed E-state index contributed by atoms with van der Waals surface area (Å²) < 4.78 is 0. The number of benzene rings is 1. The summed E-state index contributed by atoms with van der Waals surface area (Å²) in [5, 5.41) is 10.2. The monoisotopic (exact) mass is 381 g/mol. The van der Waals surface area contributed by atoms with Crippen LogP contribution in [0.2, 0.25) is 0 Å². The van der Waals surface area contributed by atoms with Crippen molar-refractivity contribution in [2.24, 2.45) is 0 Å². The summed E-state index contributed by atoms with van der Waals surface area (Å²) >= 11 is 1.03. The van der Waals surface area contributed by atoms with Gasteiger partial charge in [0, 0.05) is 5.69 Å². The van der Waals surface area contributed by atoms with E-state index in [-0.39, 0.29) is 16.9 Å². The Morgan fingerprint density at radius 1 is 1.15 bits per heavy atom. The molecule has 3 rings (SSSR count). The molecular formula is C19H15N3O4S. The van der Waals surface area contributed by atoms with E-state index in [9.17, 15) is 19.6 Å². The summed E-state index contributed by atoms with van der Waals surface area (Å²) in [7, 11) is 0. The number of carbonyl (C=O) groups excluding carboxylic acids is 3. The summed E-state index contributed by atoms with van der Waals surface area (Å²) in [5.74, 6) is -2.33. The van der Waals surface area contributed by atoms with Gasteiger partial charge in [0.25, 0.3) is 11.8 Å². The molecule has 1 aliphatic heterocycles. The van der Waals surface area contributed by atoms with E-state index in [0.717, 1.165) is 28.6 Å². The number of thioether (sulfide) groups is 1. The summed E-state index contributed by atoms with van der Waals surface area (Å²) in [4.78, 5) is 45.9. The molecule has 0 bridgehead atoms. The quantitative estimate of drug-likeness (QED) is 0.593. The smallest absolute Gasteiger partial charge is 0.329 e. The number of nitriles is 1. The van der Waals surface area contributed by atoms with Crippen molar-refractivity contribution in [2.75, 3.05) is 5.75 Å². The molecule has 2 aromatic rings. The Morgan fingerprint density at radius 2 is 1.74 bits per heavy atom. The number of hydrogen-bond donors (Lipinski definition) is 0. The third-order valence-electron chi connectivity index (χ3n) is 4.35. The van der Waals surface area contributed by atoms with Crippen LogP contribution in [0.1, 0.15) is 43.1 Å². The number of nitrogens with zero attached hydrogens (tertiary/aromatic N) is 3. The number of hydrogen-bond acceptors (Lipinski definition) is 7. The minimum absolute atomic E-state index is 0.196. The van der Waals surface area contributed by atoms with Gasteiger partial charge in [-0.15, -0.1) is 0 Å². The van der Waals surface area contributed by atoms with E-state index in [1.54, 1.807) is 12.1 Å². The number of rotatable bonds is 4. The number of amides is 2. The standard InChI is InChI=1S/C19H15N3O4S/c1-10-11(2)15(8-20)17(21-12(10)3)27-9-16(23)26-22-18(24)13-6-4-5-7-14(13)19(22)25/h4-7H,9H2,1-3H3. The molecule has 0 fully saturated rings. The molecule has 0 saturated carbocycles. The second-order valence-corrected chi connectivity index (χ2v) is 6.91. The van der Waals surface area contributed by atoms with Gasteiger partial charge in [-0.2, -0.15) is 5.26 Å². The Bertz CT molecular complexity index is 991.